The summed E-state index contributed by atoms with van der Waals surface area (Å²) in [5.41, 5.74) is 0. The molecule has 0 spiro atoms. The molecule has 1 atom stereocenters. The molecule has 2 N–H and O–H groups in total. The third-order valence-corrected chi connectivity index (χ3v) is 5.86. The lowest BCUT2D eigenvalue weighted by atomic mass is 10.2. The fraction of sp³-hybridized carbons (Fsp3) is 0.722. The second-order valence-corrected chi connectivity index (χ2v) is 7.99. The molecule has 0 bridgehead atoms. The van der Waals surface area contributed by atoms with E-state index >= 15 is 0 Å². The van der Waals surface area contributed by atoms with E-state index in [9.17, 15) is 0 Å². The molecule has 1 saturated heterocycles. The highest BCUT2D eigenvalue weighted by Crippen LogP contribution is 2.26. The number of guanidine groups is 1. The number of thiophene rings is 1. The first kappa shape index (κ1) is 24.0. The molecule has 0 aromatic carbocycles. The van der Waals surface area contributed by atoms with Gasteiger partial charge >= 0.3 is 0 Å². The maximum Gasteiger partial charge on any atom is 0.191 e. The zero-order chi connectivity index (χ0) is 17.7. The van der Waals surface area contributed by atoms with Crippen molar-refractivity contribution in [3.05, 3.63) is 22.4 Å². The predicted octanol–water partition coefficient (Wildman–Crippen LogP) is 3.44. The zero-order valence-electron chi connectivity index (χ0n) is 15.9. The number of ether oxygens (including phenoxy) is 1. The van der Waals surface area contributed by atoms with Crippen LogP contribution in [0.4, 0.5) is 0 Å². The normalized spacial score (nSPS) is 16.8. The molecule has 1 unspecified atom stereocenters. The van der Waals surface area contributed by atoms with Crippen LogP contribution in [0, 0.1) is 0 Å². The van der Waals surface area contributed by atoms with Crippen molar-refractivity contribution >= 4 is 53.0 Å². The highest BCUT2D eigenvalue weighted by atomic mass is 127. The summed E-state index contributed by atoms with van der Waals surface area (Å²) < 4.78 is 5.52. The number of hydrogen-bond donors (Lipinski definition) is 2. The van der Waals surface area contributed by atoms with E-state index in [4.69, 9.17) is 9.73 Å². The summed E-state index contributed by atoms with van der Waals surface area (Å²) in [5.74, 6) is 2.16. The molecular formula is C18H33IN4OS2. The van der Waals surface area contributed by atoms with Gasteiger partial charge in [-0.25, -0.2) is 0 Å². The first-order valence-corrected chi connectivity index (χ1v) is 11.5. The minimum atomic E-state index is 0. The van der Waals surface area contributed by atoms with E-state index in [2.05, 4.69) is 46.2 Å². The van der Waals surface area contributed by atoms with E-state index in [1.165, 1.54) is 23.5 Å². The van der Waals surface area contributed by atoms with Crippen molar-refractivity contribution in [2.75, 3.05) is 57.9 Å². The van der Waals surface area contributed by atoms with Gasteiger partial charge in [0.25, 0.3) is 0 Å². The Kier molecular flexibility index (Phi) is 13.8. The molecule has 1 aromatic rings. The van der Waals surface area contributed by atoms with E-state index in [1.54, 1.807) is 0 Å². The summed E-state index contributed by atoms with van der Waals surface area (Å²) in [5, 5.41) is 9.00. The van der Waals surface area contributed by atoms with Crippen LogP contribution in [-0.4, -0.2) is 68.8 Å². The Morgan fingerprint density at radius 2 is 2.15 bits per heavy atom. The molecular weight excluding hydrogens is 479 g/mol. The van der Waals surface area contributed by atoms with Crippen LogP contribution in [0.2, 0.25) is 0 Å². The molecule has 2 heterocycles. The van der Waals surface area contributed by atoms with Gasteiger partial charge < -0.3 is 15.4 Å². The number of aliphatic imine (C=N–C) groups is 1. The molecule has 2 rings (SSSR count). The molecule has 0 amide bonds. The maximum atomic E-state index is 5.52. The van der Waals surface area contributed by atoms with Gasteiger partial charge in [-0.2, -0.15) is 11.8 Å². The fourth-order valence-corrected chi connectivity index (χ4v) is 4.20. The number of nitrogens with zero attached hydrogens (tertiary/aromatic N) is 2. The van der Waals surface area contributed by atoms with Crippen LogP contribution in [0.3, 0.4) is 0 Å². The molecule has 0 radical (unpaired) electrons. The number of nitrogens with one attached hydrogen (secondary N) is 2. The smallest absolute Gasteiger partial charge is 0.191 e. The van der Waals surface area contributed by atoms with E-state index in [1.807, 2.05) is 23.1 Å². The number of unbranched alkanes of at least 4 members (excludes halogenated alkanes) is 1. The van der Waals surface area contributed by atoms with Crippen LogP contribution in [0.25, 0.3) is 0 Å². The highest BCUT2D eigenvalue weighted by Gasteiger charge is 2.23. The summed E-state index contributed by atoms with van der Waals surface area (Å²) in [4.78, 5) is 8.77. The van der Waals surface area contributed by atoms with E-state index < -0.39 is 0 Å². The fourth-order valence-electron chi connectivity index (χ4n) is 2.85. The number of rotatable bonds is 10. The zero-order valence-corrected chi connectivity index (χ0v) is 19.9. The van der Waals surface area contributed by atoms with Gasteiger partial charge in [-0.1, -0.05) is 6.07 Å². The van der Waals surface area contributed by atoms with Gasteiger partial charge in [-0.3, -0.25) is 9.89 Å². The lowest BCUT2D eigenvalue weighted by Crippen LogP contribution is -2.41. The average Bonchev–Trinajstić information content (AvgIpc) is 3.17. The van der Waals surface area contributed by atoms with Crippen LogP contribution in [-0.2, 0) is 4.74 Å². The second-order valence-electron chi connectivity index (χ2n) is 6.03. The summed E-state index contributed by atoms with van der Waals surface area (Å²) in [7, 11) is 0. The molecule has 26 heavy (non-hydrogen) atoms. The van der Waals surface area contributed by atoms with Crippen molar-refractivity contribution in [1.82, 2.24) is 15.5 Å². The molecule has 8 heteroatoms. The Labute approximate surface area is 183 Å². The highest BCUT2D eigenvalue weighted by molar-refractivity contribution is 14.0. The van der Waals surface area contributed by atoms with Crippen molar-refractivity contribution in [1.29, 1.82) is 0 Å². The molecule has 1 fully saturated rings. The van der Waals surface area contributed by atoms with Gasteiger partial charge in [0, 0.05) is 31.1 Å². The standard InChI is InChI=1S/C18H32N4OS2.HI/c1-3-19-18(20-8-4-5-13-24-2)21-15-16(17-7-6-14-25-17)22-9-11-23-12-10-22;/h6-7,14,16H,3-5,8-13,15H2,1-2H3,(H2,19,20,21);1H. The first-order chi connectivity index (χ1) is 12.3. The van der Waals surface area contributed by atoms with Gasteiger partial charge in [-0.15, -0.1) is 35.3 Å². The Hall–Kier alpha value is -0.0300. The molecule has 150 valence electrons. The number of halogens is 1. The Bertz CT molecular complexity index is 482. The minimum absolute atomic E-state index is 0. The Morgan fingerprint density at radius 1 is 1.35 bits per heavy atom. The molecule has 5 nitrogen and oxygen atoms in total. The van der Waals surface area contributed by atoms with E-state index in [-0.39, 0.29) is 24.0 Å². The van der Waals surface area contributed by atoms with Crippen LogP contribution in [0.15, 0.2) is 22.5 Å². The number of thioether (sulfide) groups is 1. The van der Waals surface area contributed by atoms with Crippen LogP contribution >= 0.6 is 47.1 Å². The second kappa shape index (κ2) is 15.0. The van der Waals surface area contributed by atoms with Gasteiger partial charge in [0.05, 0.1) is 25.8 Å². The number of morpholine rings is 1. The van der Waals surface area contributed by atoms with Gasteiger partial charge in [0.15, 0.2) is 5.96 Å². The third-order valence-electron chi connectivity index (χ3n) is 4.19. The Morgan fingerprint density at radius 3 is 2.81 bits per heavy atom. The average molecular weight is 513 g/mol. The van der Waals surface area contributed by atoms with Crippen molar-refractivity contribution in [2.24, 2.45) is 4.99 Å². The topological polar surface area (TPSA) is 48.9 Å². The third kappa shape index (κ3) is 8.77. The summed E-state index contributed by atoms with van der Waals surface area (Å²) in [6.07, 6.45) is 4.59. The van der Waals surface area contributed by atoms with Crippen LogP contribution in [0.1, 0.15) is 30.7 Å². The molecule has 1 aromatic heterocycles. The maximum absolute atomic E-state index is 5.52. The van der Waals surface area contributed by atoms with E-state index in [0.29, 0.717) is 6.04 Å². The quantitative estimate of drug-likeness (QED) is 0.218. The van der Waals surface area contributed by atoms with Gasteiger partial charge in [-0.05, 0) is 43.2 Å². The predicted molar refractivity (Wildman–Crippen MR) is 126 cm³/mol. The Balaban J connectivity index is 0.00000338. The van der Waals surface area contributed by atoms with Crippen molar-refractivity contribution in [3.8, 4) is 0 Å². The monoisotopic (exact) mass is 512 g/mol. The summed E-state index contributed by atoms with van der Waals surface area (Å²) in [6.45, 7) is 8.36. The minimum Gasteiger partial charge on any atom is -0.379 e. The van der Waals surface area contributed by atoms with Gasteiger partial charge in [0.1, 0.15) is 0 Å². The molecule has 0 saturated carbocycles. The van der Waals surface area contributed by atoms with Crippen LogP contribution < -0.4 is 10.6 Å². The first-order valence-electron chi connectivity index (χ1n) is 9.21. The summed E-state index contributed by atoms with van der Waals surface area (Å²) in [6, 6.07) is 4.70. The lowest BCUT2D eigenvalue weighted by molar-refractivity contribution is 0.0186. The van der Waals surface area contributed by atoms with Crippen LogP contribution in [0.5, 0.6) is 0 Å². The van der Waals surface area contributed by atoms with Crippen molar-refractivity contribution < 1.29 is 4.74 Å². The number of hydrogen-bond acceptors (Lipinski definition) is 5. The lowest BCUT2D eigenvalue weighted by Gasteiger charge is -2.33. The largest absolute Gasteiger partial charge is 0.379 e. The van der Waals surface area contributed by atoms with Crippen molar-refractivity contribution in [3.63, 3.8) is 0 Å². The molecule has 1 aliphatic rings. The van der Waals surface area contributed by atoms with Gasteiger partial charge in [0.2, 0.25) is 0 Å². The van der Waals surface area contributed by atoms with E-state index in [0.717, 1.165) is 51.9 Å². The molecule has 1 aliphatic heterocycles. The molecule has 0 aliphatic carbocycles. The summed E-state index contributed by atoms with van der Waals surface area (Å²) >= 11 is 3.73. The SMILES string of the molecule is CCNC(=NCC(c1cccs1)N1CCOCC1)NCCCCSC.I. The van der Waals surface area contributed by atoms with Crippen molar-refractivity contribution in [2.45, 2.75) is 25.8 Å².